The van der Waals surface area contributed by atoms with Crippen molar-refractivity contribution in [2.45, 2.75) is 26.8 Å². The van der Waals surface area contributed by atoms with Gasteiger partial charge in [0.15, 0.2) is 5.96 Å². The van der Waals surface area contributed by atoms with Crippen molar-refractivity contribution in [1.82, 2.24) is 20.5 Å². The summed E-state index contributed by atoms with van der Waals surface area (Å²) >= 11 is 1.73. The van der Waals surface area contributed by atoms with Crippen LogP contribution in [0.25, 0.3) is 0 Å². The average Bonchev–Trinajstić information content (AvgIpc) is 3.02. The molecule has 142 valence electrons. The summed E-state index contributed by atoms with van der Waals surface area (Å²) in [5, 5.41) is 7.76. The summed E-state index contributed by atoms with van der Waals surface area (Å²) < 4.78 is 13.0. The third-order valence-electron chi connectivity index (χ3n) is 3.76. The largest absolute Gasteiger partial charge is 0.357 e. The quantitative estimate of drug-likeness (QED) is 0.521. The van der Waals surface area contributed by atoms with E-state index in [0.717, 1.165) is 49.1 Å². The number of guanidine groups is 1. The molecule has 5 nitrogen and oxygen atoms in total. The number of thiazole rings is 1. The van der Waals surface area contributed by atoms with Crippen molar-refractivity contribution in [3.63, 3.8) is 0 Å². The first kappa shape index (κ1) is 20.3. The van der Waals surface area contributed by atoms with E-state index in [0.29, 0.717) is 6.54 Å². The molecular weight excluding hydrogens is 349 g/mol. The number of aliphatic imine (C=N–C) groups is 1. The Morgan fingerprint density at radius 1 is 1.27 bits per heavy atom. The summed E-state index contributed by atoms with van der Waals surface area (Å²) in [6.45, 7) is 8.08. The van der Waals surface area contributed by atoms with Gasteiger partial charge < -0.3 is 15.5 Å². The van der Waals surface area contributed by atoms with Gasteiger partial charge in [-0.2, -0.15) is 0 Å². The Balaban J connectivity index is 1.73. The fourth-order valence-corrected chi connectivity index (χ4v) is 3.25. The summed E-state index contributed by atoms with van der Waals surface area (Å²) in [4.78, 5) is 12.4. The second kappa shape index (κ2) is 10.9. The number of hydrogen-bond acceptors (Lipinski definition) is 4. The van der Waals surface area contributed by atoms with Crippen molar-refractivity contribution in [3.05, 3.63) is 51.7 Å². The van der Waals surface area contributed by atoms with E-state index in [-0.39, 0.29) is 5.82 Å². The van der Waals surface area contributed by atoms with Gasteiger partial charge in [-0.15, -0.1) is 11.3 Å². The Labute approximate surface area is 159 Å². The van der Waals surface area contributed by atoms with Gasteiger partial charge in [0.2, 0.25) is 0 Å². The molecule has 0 spiro atoms. The summed E-state index contributed by atoms with van der Waals surface area (Å²) in [7, 11) is 2.05. The molecule has 0 radical (unpaired) electrons. The predicted molar refractivity (Wildman–Crippen MR) is 107 cm³/mol. The number of hydrogen-bond donors (Lipinski definition) is 2. The lowest BCUT2D eigenvalue weighted by atomic mass is 10.2. The lowest BCUT2D eigenvalue weighted by molar-refractivity contribution is 0.336. The number of halogens is 1. The lowest BCUT2D eigenvalue weighted by Gasteiger charge is -2.16. The van der Waals surface area contributed by atoms with Crippen molar-refractivity contribution >= 4 is 17.3 Å². The van der Waals surface area contributed by atoms with Crippen molar-refractivity contribution in [1.29, 1.82) is 0 Å². The average molecular weight is 378 g/mol. The molecule has 0 atom stereocenters. The van der Waals surface area contributed by atoms with Crippen LogP contribution in [-0.4, -0.2) is 49.1 Å². The van der Waals surface area contributed by atoms with Crippen LogP contribution in [0.15, 0.2) is 35.5 Å². The SMILES string of the molecule is CCNC(=NCCN(C)Cc1ccc(F)cc1)NCCc1ncc(C)s1. The maximum absolute atomic E-state index is 13.0. The minimum absolute atomic E-state index is 0.199. The van der Waals surface area contributed by atoms with Gasteiger partial charge in [0.1, 0.15) is 5.82 Å². The van der Waals surface area contributed by atoms with Crippen molar-refractivity contribution in [2.24, 2.45) is 4.99 Å². The third kappa shape index (κ3) is 7.49. The molecule has 0 unspecified atom stereocenters. The molecule has 1 aromatic heterocycles. The maximum atomic E-state index is 13.0. The Morgan fingerprint density at radius 3 is 2.69 bits per heavy atom. The van der Waals surface area contributed by atoms with Crippen LogP contribution in [-0.2, 0) is 13.0 Å². The molecule has 0 saturated carbocycles. The monoisotopic (exact) mass is 377 g/mol. The molecule has 26 heavy (non-hydrogen) atoms. The molecule has 0 aliphatic heterocycles. The number of rotatable bonds is 9. The summed E-state index contributed by atoms with van der Waals surface area (Å²) in [6.07, 6.45) is 2.81. The smallest absolute Gasteiger partial charge is 0.191 e. The highest BCUT2D eigenvalue weighted by molar-refractivity contribution is 7.11. The molecule has 0 aliphatic rings. The normalized spacial score (nSPS) is 11.8. The summed E-state index contributed by atoms with van der Waals surface area (Å²) in [5.41, 5.74) is 1.10. The lowest BCUT2D eigenvalue weighted by Crippen LogP contribution is -2.38. The number of aromatic nitrogens is 1. The van der Waals surface area contributed by atoms with Crippen LogP contribution in [0.3, 0.4) is 0 Å². The molecule has 1 heterocycles. The van der Waals surface area contributed by atoms with Crippen LogP contribution >= 0.6 is 11.3 Å². The maximum Gasteiger partial charge on any atom is 0.191 e. The minimum atomic E-state index is -0.199. The van der Waals surface area contributed by atoms with Crippen molar-refractivity contribution < 1.29 is 4.39 Å². The summed E-state index contributed by atoms with van der Waals surface area (Å²) in [5.74, 6) is 0.631. The minimum Gasteiger partial charge on any atom is -0.357 e. The standard InChI is InChI=1S/C19H28FN5S/c1-4-21-19(22-10-9-18-24-13-15(2)26-18)23-11-12-25(3)14-16-5-7-17(20)8-6-16/h5-8,13H,4,9-12,14H2,1-3H3,(H2,21,22,23). The zero-order valence-electron chi connectivity index (χ0n) is 15.8. The van der Waals surface area contributed by atoms with Crippen LogP contribution in [0.5, 0.6) is 0 Å². The van der Waals surface area contributed by atoms with E-state index in [1.807, 2.05) is 25.4 Å². The molecule has 1 aromatic carbocycles. The second-order valence-electron chi connectivity index (χ2n) is 6.17. The van der Waals surface area contributed by atoms with Gasteiger partial charge in [0.25, 0.3) is 0 Å². The highest BCUT2D eigenvalue weighted by Crippen LogP contribution is 2.10. The molecule has 2 N–H and O–H groups in total. The highest BCUT2D eigenvalue weighted by atomic mass is 32.1. The van der Waals surface area contributed by atoms with Crippen molar-refractivity contribution in [3.8, 4) is 0 Å². The zero-order chi connectivity index (χ0) is 18.8. The van der Waals surface area contributed by atoms with Crippen molar-refractivity contribution in [2.75, 3.05) is 33.2 Å². The number of aryl methyl sites for hydroxylation is 1. The first-order valence-corrected chi connectivity index (χ1v) is 9.75. The Hall–Kier alpha value is -1.99. The van der Waals surface area contributed by atoms with Gasteiger partial charge in [0, 0.05) is 43.7 Å². The first-order chi connectivity index (χ1) is 12.6. The summed E-state index contributed by atoms with van der Waals surface area (Å²) in [6, 6.07) is 6.64. The fourth-order valence-electron chi connectivity index (χ4n) is 2.46. The van der Waals surface area contributed by atoms with Gasteiger partial charge in [-0.25, -0.2) is 9.37 Å². The van der Waals surface area contributed by atoms with E-state index >= 15 is 0 Å². The molecule has 7 heteroatoms. The third-order valence-corrected chi connectivity index (χ3v) is 4.73. The second-order valence-corrected chi connectivity index (χ2v) is 7.49. The molecule has 2 aromatic rings. The van der Waals surface area contributed by atoms with E-state index in [1.165, 1.54) is 17.0 Å². The van der Waals surface area contributed by atoms with Gasteiger partial charge in [-0.1, -0.05) is 12.1 Å². The predicted octanol–water partition coefficient (Wildman–Crippen LogP) is 2.82. The van der Waals surface area contributed by atoms with E-state index in [9.17, 15) is 4.39 Å². The molecule has 0 bridgehead atoms. The van der Waals surface area contributed by atoms with Crippen LogP contribution < -0.4 is 10.6 Å². The molecule has 0 amide bonds. The van der Waals surface area contributed by atoms with E-state index < -0.39 is 0 Å². The number of benzene rings is 1. The van der Waals surface area contributed by atoms with E-state index in [2.05, 4.69) is 39.4 Å². The molecule has 0 fully saturated rings. The first-order valence-electron chi connectivity index (χ1n) is 8.93. The van der Waals surface area contributed by atoms with Gasteiger partial charge in [-0.05, 0) is 38.6 Å². The number of nitrogens with zero attached hydrogens (tertiary/aromatic N) is 3. The van der Waals surface area contributed by atoms with Crippen LogP contribution in [0.1, 0.15) is 22.4 Å². The topological polar surface area (TPSA) is 52.6 Å². The number of likely N-dealkylation sites (N-methyl/N-ethyl adjacent to an activating group) is 1. The van der Waals surface area contributed by atoms with Crippen LogP contribution in [0, 0.1) is 12.7 Å². The zero-order valence-corrected chi connectivity index (χ0v) is 16.6. The van der Waals surface area contributed by atoms with Gasteiger partial charge >= 0.3 is 0 Å². The van der Waals surface area contributed by atoms with E-state index in [1.54, 1.807) is 11.3 Å². The van der Waals surface area contributed by atoms with Gasteiger partial charge in [0.05, 0.1) is 11.6 Å². The number of nitrogens with one attached hydrogen (secondary N) is 2. The van der Waals surface area contributed by atoms with Crippen LogP contribution in [0.4, 0.5) is 4.39 Å². The Kier molecular flexibility index (Phi) is 8.50. The fraction of sp³-hybridized carbons (Fsp3) is 0.474. The molecule has 2 rings (SSSR count). The van der Waals surface area contributed by atoms with Crippen LogP contribution in [0.2, 0.25) is 0 Å². The molecular formula is C19H28FN5S. The van der Waals surface area contributed by atoms with Gasteiger partial charge in [-0.3, -0.25) is 4.99 Å². The molecule has 0 aliphatic carbocycles. The molecule has 0 saturated heterocycles. The Bertz CT molecular complexity index is 683. The van der Waals surface area contributed by atoms with E-state index in [4.69, 9.17) is 0 Å². The highest BCUT2D eigenvalue weighted by Gasteiger charge is 2.03. The Morgan fingerprint density at radius 2 is 2.04 bits per heavy atom.